The van der Waals surface area contributed by atoms with Gasteiger partial charge in [-0.1, -0.05) is 50.2 Å². The van der Waals surface area contributed by atoms with E-state index < -0.39 is 23.5 Å². The van der Waals surface area contributed by atoms with Gasteiger partial charge in [0.05, 0.1) is 0 Å². The summed E-state index contributed by atoms with van der Waals surface area (Å²) in [6, 6.07) is 8.18. The number of halogens is 6. The standard InChI is InChI=1S/C20H18F6O2/c1-3-12(2)17-10-13(11-27)4-9-16(17)14-5-7-15(8-6-14)18(28,19(21,22)23)20(24,25)26/h4-12,28H,3H2,1-2H3. The molecule has 0 bridgehead atoms. The zero-order chi connectivity index (χ0) is 21.3. The molecule has 152 valence electrons. The van der Waals surface area contributed by atoms with Crippen LogP contribution in [0, 0.1) is 0 Å². The minimum Gasteiger partial charge on any atom is -0.369 e. The molecular weight excluding hydrogens is 386 g/mol. The lowest BCUT2D eigenvalue weighted by atomic mass is 9.87. The van der Waals surface area contributed by atoms with E-state index in [1.165, 1.54) is 6.07 Å². The normalized spacial score (nSPS) is 14.0. The Morgan fingerprint density at radius 2 is 1.50 bits per heavy atom. The molecule has 0 aliphatic heterocycles. The van der Waals surface area contributed by atoms with Crippen molar-refractivity contribution in [2.24, 2.45) is 0 Å². The molecule has 0 aliphatic rings. The second-order valence-electron chi connectivity index (χ2n) is 6.56. The first kappa shape index (κ1) is 21.9. The summed E-state index contributed by atoms with van der Waals surface area (Å²) in [4.78, 5) is 11.0. The zero-order valence-electron chi connectivity index (χ0n) is 15.0. The lowest BCUT2D eigenvalue weighted by Crippen LogP contribution is -2.53. The van der Waals surface area contributed by atoms with Crippen LogP contribution < -0.4 is 0 Å². The average Bonchev–Trinajstić information content (AvgIpc) is 2.64. The van der Waals surface area contributed by atoms with E-state index in [0.29, 0.717) is 35.1 Å². The molecule has 0 radical (unpaired) electrons. The Hall–Kier alpha value is -2.35. The van der Waals surface area contributed by atoms with E-state index in [2.05, 4.69) is 0 Å². The number of hydrogen-bond acceptors (Lipinski definition) is 2. The van der Waals surface area contributed by atoms with E-state index in [0.717, 1.165) is 24.1 Å². The first-order valence-electron chi connectivity index (χ1n) is 8.42. The fraction of sp³-hybridized carbons (Fsp3) is 0.350. The minimum atomic E-state index is -5.93. The van der Waals surface area contributed by atoms with E-state index in [4.69, 9.17) is 0 Å². The Bertz CT molecular complexity index is 823. The zero-order valence-corrected chi connectivity index (χ0v) is 15.0. The average molecular weight is 404 g/mol. The van der Waals surface area contributed by atoms with Gasteiger partial charge >= 0.3 is 12.4 Å². The third kappa shape index (κ3) is 3.78. The van der Waals surface area contributed by atoms with Gasteiger partial charge in [0.25, 0.3) is 5.60 Å². The summed E-state index contributed by atoms with van der Waals surface area (Å²) in [5.74, 6) is 0.0110. The van der Waals surface area contributed by atoms with Gasteiger partial charge in [0.1, 0.15) is 6.29 Å². The highest BCUT2D eigenvalue weighted by molar-refractivity contribution is 5.79. The first-order valence-corrected chi connectivity index (χ1v) is 8.42. The van der Waals surface area contributed by atoms with Crippen LogP contribution in [-0.2, 0) is 5.60 Å². The predicted octanol–water partition coefficient (Wildman–Crippen LogP) is 5.99. The van der Waals surface area contributed by atoms with Crippen molar-refractivity contribution in [1.82, 2.24) is 0 Å². The molecule has 2 aromatic rings. The summed E-state index contributed by atoms with van der Waals surface area (Å²) in [7, 11) is 0. The van der Waals surface area contributed by atoms with E-state index in [1.54, 1.807) is 12.1 Å². The van der Waals surface area contributed by atoms with Crippen LogP contribution in [-0.4, -0.2) is 23.7 Å². The van der Waals surface area contributed by atoms with Gasteiger partial charge in [-0.15, -0.1) is 0 Å². The minimum absolute atomic E-state index is 0.0110. The quantitative estimate of drug-likeness (QED) is 0.491. The van der Waals surface area contributed by atoms with Gasteiger partial charge in [-0.2, -0.15) is 26.3 Å². The fourth-order valence-corrected chi connectivity index (χ4v) is 2.92. The van der Waals surface area contributed by atoms with Gasteiger partial charge in [0.2, 0.25) is 0 Å². The number of aldehydes is 1. The van der Waals surface area contributed by atoms with Crippen molar-refractivity contribution in [3.63, 3.8) is 0 Å². The summed E-state index contributed by atoms with van der Waals surface area (Å²) in [6.07, 6.45) is -10.5. The van der Waals surface area contributed by atoms with Crippen molar-refractivity contribution >= 4 is 6.29 Å². The van der Waals surface area contributed by atoms with Crippen LogP contribution in [0.1, 0.15) is 47.7 Å². The largest absolute Gasteiger partial charge is 0.430 e. The number of alkyl halides is 6. The second kappa shape index (κ2) is 7.58. The number of carbonyl (C=O) groups is 1. The molecule has 8 heteroatoms. The van der Waals surface area contributed by atoms with Gasteiger partial charge in [-0.05, 0) is 35.1 Å². The molecule has 0 aliphatic carbocycles. The number of aliphatic hydroxyl groups is 1. The fourth-order valence-electron chi connectivity index (χ4n) is 2.92. The van der Waals surface area contributed by atoms with E-state index in [1.807, 2.05) is 13.8 Å². The Kier molecular flexibility index (Phi) is 5.94. The number of carbonyl (C=O) groups excluding carboxylic acids is 1. The highest BCUT2D eigenvalue weighted by Crippen LogP contribution is 2.50. The van der Waals surface area contributed by atoms with Crippen LogP contribution in [0.4, 0.5) is 26.3 Å². The summed E-state index contributed by atoms with van der Waals surface area (Å²) in [6.45, 7) is 3.81. The van der Waals surface area contributed by atoms with Crippen LogP contribution in [0.3, 0.4) is 0 Å². The van der Waals surface area contributed by atoms with Crippen molar-refractivity contribution in [3.8, 4) is 11.1 Å². The summed E-state index contributed by atoms with van der Waals surface area (Å²) in [5.41, 5.74) is -4.14. The van der Waals surface area contributed by atoms with Crippen molar-refractivity contribution < 1.29 is 36.2 Å². The lowest BCUT2D eigenvalue weighted by molar-refractivity contribution is -0.376. The molecule has 2 aromatic carbocycles. The first-order chi connectivity index (χ1) is 12.9. The van der Waals surface area contributed by atoms with Crippen molar-refractivity contribution in [2.75, 3.05) is 0 Å². The molecule has 0 aromatic heterocycles. The molecule has 1 unspecified atom stereocenters. The van der Waals surface area contributed by atoms with Gasteiger partial charge in [-0.3, -0.25) is 4.79 Å². The molecular formula is C20H18F6O2. The maximum Gasteiger partial charge on any atom is 0.430 e. The molecule has 0 spiro atoms. The maximum atomic E-state index is 13.0. The van der Waals surface area contributed by atoms with Crippen LogP contribution in [0.2, 0.25) is 0 Å². The third-order valence-electron chi connectivity index (χ3n) is 4.79. The van der Waals surface area contributed by atoms with E-state index in [9.17, 15) is 36.2 Å². The Morgan fingerprint density at radius 3 is 1.93 bits per heavy atom. The van der Waals surface area contributed by atoms with E-state index >= 15 is 0 Å². The Morgan fingerprint density at radius 1 is 0.964 bits per heavy atom. The smallest absolute Gasteiger partial charge is 0.369 e. The predicted molar refractivity (Wildman–Crippen MR) is 92.0 cm³/mol. The lowest BCUT2D eigenvalue weighted by Gasteiger charge is -2.32. The molecule has 28 heavy (non-hydrogen) atoms. The Labute approximate surface area is 157 Å². The molecule has 1 N–H and O–H groups in total. The van der Waals surface area contributed by atoms with Crippen LogP contribution >= 0.6 is 0 Å². The molecule has 1 atom stereocenters. The van der Waals surface area contributed by atoms with Crippen molar-refractivity contribution in [2.45, 2.75) is 44.1 Å². The summed E-state index contributed by atoms with van der Waals surface area (Å²) >= 11 is 0. The van der Waals surface area contributed by atoms with Crippen LogP contribution in [0.5, 0.6) is 0 Å². The third-order valence-corrected chi connectivity index (χ3v) is 4.79. The van der Waals surface area contributed by atoms with Gasteiger partial charge < -0.3 is 5.11 Å². The molecule has 0 saturated carbocycles. The molecule has 2 nitrogen and oxygen atoms in total. The second-order valence-corrected chi connectivity index (χ2v) is 6.56. The van der Waals surface area contributed by atoms with Crippen LogP contribution in [0.15, 0.2) is 42.5 Å². The molecule has 2 rings (SSSR count). The van der Waals surface area contributed by atoms with Crippen molar-refractivity contribution in [3.05, 3.63) is 59.2 Å². The van der Waals surface area contributed by atoms with Gasteiger partial charge in [0, 0.05) is 11.1 Å². The highest BCUT2D eigenvalue weighted by Gasteiger charge is 2.71. The monoisotopic (exact) mass is 404 g/mol. The highest BCUT2D eigenvalue weighted by atomic mass is 19.4. The van der Waals surface area contributed by atoms with Gasteiger partial charge in [0.15, 0.2) is 0 Å². The molecule has 0 amide bonds. The number of hydrogen-bond donors (Lipinski definition) is 1. The summed E-state index contributed by atoms with van der Waals surface area (Å²) < 4.78 is 78.0. The maximum absolute atomic E-state index is 13.0. The SMILES string of the molecule is CCC(C)c1cc(C=O)ccc1-c1ccc(C(O)(C(F)(F)F)C(F)(F)F)cc1. The topological polar surface area (TPSA) is 37.3 Å². The van der Waals surface area contributed by atoms with Crippen LogP contribution in [0.25, 0.3) is 11.1 Å². The molecule has 0 fully saturated rings. The molecule has 0 heterocycles. The number of rotatable bonds is 5. The Balaban J connectivity index is 2.58. The van der Waals surface area contributed by atoms with Gasteiger partial charge in [-0.25, -0.2) is 0 Å². The van der Waals surface area contributed by atoms with E-state index in [-0.39, 0.29) is 5.92 Å². The summed E-state index contributed by atoms with van der Waals surface area (Å²) in [5, 5.41) is 9.48. The number of benzene rings is 2. The molecule has 0 saturated heterocycles. The van der Waals surface area contributed by atoms with Crippen molar-refractivity contribution in [1.29, 1.82) is 0 Å².